The summed E-state index contributed by atoms with van der Waals surface area (Å²) in [5.41, 5.74) is 0.851. The van der Waals surface area contributed by atoms with Crippen molar-refractivity contribution in [2.24, 2.45) is 5.41 Å². The van der Waals surface area contributed by atoms with E-state index in [-0.39, 0.29) is 11.6 Å². The zero-order valence-corrected chi connectivity index (χ0v) is 10.4. The predicted octanol–water partition coefficient (Wildman–Crippen LogP) is 3.87. The highest BCUT2D eigenvalue weighted by atomic mass is 127. The van der Waals surface area contributed by atoms with Gasteiger partial charge in [0.2, 0.25) is 0 Å². The zero-order valence-electron chi connectivity index (χ0n) is 8.19. The van der Waals surface area contributed by atoms with Crippen LogP contribution in [0.2, 0.25) is 0 Å². The van der Waals surface area contributed by atoms with Gasteiger partial charge in [-0.25, -0.2) is 8.78 Å². The van der Waals surface area contributed by atoms with E-state index in [1.165, 1.54) is 37.5 Å². The first-order chi connectivity index (χ1) is 7.00. The number of benzene rings is 1. The Balaban J connectivity index is 1.80. The monoisotopic (exact) mass is 320 g/mol. The van der Waals surface area contributed by atoms with Crippen molar-refractivity contribution in [2.75, 3.05) is 0 Å². The van der Waals surface area contributed by atoms with Gasteiger partial charge in [-0.2, -0.15) is 0 Å². The molecule has 3 fully saturated rings. The van der Waals surface area contributed by atoms with Crippen molar-refractivity contribution in [2.45, 2.75) is 29.1 Å². The molecule has 3 aliphatic carbocycles. The molecule has 0 radical (unpaired) electrons. The predicted molar refractivity (Wildman–Crippen MR) is 63.1 cm³/mol. The van der Waals surface area contributed by atoms with Crippen molar-refractivity contribution in [3.63, 3.8) is 0 Å². The third kappa shape index (κ3) is 1.50. The topological polar surface area (TPSA) is 0 Å². The Kier molecular flexibility index (Phi) is 1.95. The van der Waals surface area contributed by atoms with Gasteiger partial charge in [0, 0.05) is 3.42 Å². The van der Waals surface area contributed by atoms with Crippen LogP contribution in [0.25, 0.3) is 0 Å². The van der Waals surface area contributed by atoms with Crippen LogP contribution in [0, 0.1) is 17.0 Å². The van der Waals surface area contributed by atoms with Crippen LogP contribution in [-0.2, 0) is 6.42 Å². The standard InChI is InChI=1S/C12H11F2I/c13-9-1-2-10(14)8(3-9)4-11-5-12(15,6-11)7-11/h1-3H,4-7H2. The number of alkyl halides is 1. The molecule has 3 heteroatoms. The molecule has 4 rings (SSSR count). The van der Waals surface area contributed by atoms with Crippen molar-refractivity contribution in [3.8, 4) is 0 Å². The molecule has 0 spiro atoms. The quantitative estimate of drug-likeness (QED) is 0.573. The van der Waals surface area contributed by atoms with E-state index in [0.717, 1.165) is 0 Å². The van der Waals surface area contributed by atoms with Crippen molar-refractivity contribution < 1.29 is 8.78 Å². The second kappa shape index (κ2) is 2.93. The largest absolute Gasteiger partial charge is 0.207 e. The first-order valence-electron chi connectivity index (χ1n) is 5.13. The molecular weight excluding hydrogens is 309 g/mol. The number of halogens is 3. The molecule has 80 valence electrons. The Labute approximate surface area is 101 Å². The van der Waals surface area contributed by atoms with Crippen LogP contribution >= 0.6 is 22.6 Å². The molecular formula is C12H11F2I. The summed E-state index contributed by atoms with van der Waals surface area (Å²) in [6, 6.07) is 3.76. The van der Waals surface area contributed by atoms with E-state index in [9.17, 15) is 8.78 Å². The van der Waals surface area contributed by atoms with Gasteiger partial charge in [0.05, 0.1) is 0 Å². The van der Waals surface area contributed by atoms with E-state index < -0.39 is 0 Å². The highest BCUT2D eigenvalue weighted by molar-refractivity contribution is 14.1. The molecule has 0 saturated heterocycles. The second-order valence-corrected chi connectivity index (χ2v) is 7.38. The molecule has 1 aromatic rings. The van der Waals surface area contributed by atoms with Gasteiger partial charge >= 0.3 is 0 Å². The van der Waals surface area contributed by atoms with Crippen LogP contribution in [0.3, 0.4) is 0 Å². The molecule has 0 amide bonds. The Hall–Kier alpha value is -0.190. The number of hydrogen-bond acceptors (Lipinski definition) is 0. The molecule has 15 heavy (non-hydrogen) atoms. The summed E-state index contributed by atoms with van der Waals surface area (Å²) in [5.74, 6) is -0.592. The summed E-state index contributed by atoms with van der Waals surface area (Å²) in [5, 5.41) is 0. The fourth-order valence-electron chi connectivity index (χ4n) is 3.13. The molecule has 2 bridgehead atoms. The summed E-state index contributed by atoms with van der Waals surface area (Å²) in [4.78, 5) is 0. The van der Waals surface area contributed by atoms with Crippen molar-refractivity contribution in [1.29, 1.82) is 0 Å². The van der Waals surface area contributed by atoms with Crippen LogP contribution in [0.15, 0.2) is 18.2 Å². The van der Waals surface area contributed by atoms with Crippen LogP contribution in [0.4, 0.5) is 8.78 Å². The maximum absolute atomic E-state index is 13.4. The molecule has 0 aromatic heterocycles. The van der Waals surface area contributed by atoms with Gasteiger partial charge in [-0.05, 0) is 54.9 Å². The van der Waals surface area contributed by atoms with Gasteiger partial charge in [0.15, 0.2) is 0 Å². The number of rotatable bonds is 2. The van der Waals surface area contributed by atoms with Gasteiger partial charge in [0.25, 0.3) is 0 Å². The lowest BCUT2D eigenvalue weighted by Crippen LogP contribution is -2.64. The average Bonchev–Trinajstić information content (AvgIpc) is 2.07. The van der Waals surface area contributed by atoms with E-state index in [4.69, 9.17) is 0 Å². The van der Waals surface area contributed by atoms with Crippen LogP contribution in [-0.4, -0.2) is 3.42 Å². The summed E-state index contributed by atoms with van der Waals surface area (Å²) < 4.78 is 26.9. The van der Waals surface area contributed by atoms with E-state index >= 15 is 0 Å². The Bertz CT molecular complexity index is 408. The summed E-state index contributed by atoms with van der Waals surface area (Å²) >= 11 is 2.49. The zero-order chi connectivity index (χ0) is 10.7. The maximum atomic E-state index is 13.4. The molecule has 3 saturated carbocycles. The lowest BCUT2D eigenvalue weighted by atomic mass is 9.43. The minimum absolute atomic E-state index is 0.261. The smallest absolute Gasteiger partial charge is 0.126 e. The van der Waals surface area contributed by atoms with Crippen molar-refractivity contribution in [1.82, 2.24) is 0 Å². The van der Waals surface area contributed by atoms with E-state index in [1.54, 1.807) is 0 Å². The fraction of sp³-hybridized carbons (Fsp3) is 0.500. The highest BCUT2D eigenvalue weighted by Gasteiger charge is 2.65. The first-order valence-corrected chi connectivity index (χ1v) is 6.21. The molecule has 0 aliphatic heterocycles. The molecule has 0 nitrogen and oxygen atoms in total. The Morgan fingerprint density at radius 2 is 1.87 bits per heavy atom. The van der Waals surface area contributed by atoms with Gasteiger partial charge in [0.1, 0.15) is 11.6 Å². The first kappa shape index (κ1) is 10.00. The van der Waals surface area contributed by atoms with E-state index in [0.29, 0.717) is 20.8 Å². The number of hydrogen-bond donors (Lipinski definition) is 0. The molecule has 0 N–H and O–H groups in total. The van der Waals surface area contributed by atoms with Crippen LogP contribution in [0.1, 0.15) is 24.8 Å². The van der Waals surface area contributed by atoms with E-state index in [2.05, 4.69) is 22.6 Å². The van der Waals surface area contributed by atoms with Crippen LogP contribution in [0.5, 0.6) is 0 Å². The molecule has 0 unspecified atom stereocenters. The lowest BCUT2D eigenvalue weighted by Gasteiger charge is -2.68. The minimum atomic E-state index is -0.331. The lowest BCUT2D eigenvalue weighted by molar-refractivity contribution is -0.0620. The maximum Gasteiger partial charge on any atom is 0.126 e. The molecule has 0 heterocycles. The minimum Gasteiger partial charge on any atom is -0.207 e. The summed E-state index contributed by atoms with van der Waals surface area (Å²) in [7, 11) is 0. The molecule has 1 aromatic carbocycles. The van der Waals surface area contributed by atoms with Crippen molar-refractivity contribution in [3.05, 3.63) is 35.4 Å². The summed E-state index contributed by atoms with van der Waals surface area (Å²) in [6.45, 7) is 0. The normalized spacial score (nSPS) is 37.0. The van der Waals surface area contributed by atoms with Gasteiger partial charge in [-0.1, -0.05) is 22.6 Å². The Morgan fingerprint density at radius 3 is 2.47 bits per heavy atom. The third-order valence-corrected chi connectivity index (χ3v) is 4.79. The van der Waals surface area contributed by atoms with Gasteiger partial charge in [-0.3, -0.25) is 0 Å². The highest BCUT2D eigenvalue weighted by Crippen LogP contribution is 2.73. The van der Waals surface area contributed by atoms with Crippen LogP contribution < -0.4 is 0 Å². The molecule has 3 aliphatic rings. The van der Waals surface area contributed by atoms with Gasteiger partial charge in [-0.15, -0.1) is 0 Å². The Morgan fingerprint density at radius 1 is 1.20 bits per heavy atom. The second-order valence-electron chi connectivity index (χ2n) is 5.09. The summed E-state index contributed by atoms with van der Waals surface area (Å²) in [6.07, 6.45) is 4.24. The van der Waals surface area contributed by atoms with E-state index in [1.807, 2.05) is 0 Å². The third-order valence-electron chi connectivity index (χ3n) is 3.65. The van der Waals surface area contributed by atoms with Gasteiger partial charge < -0.3 is 0 Å². The fourth-order valence-corrected chi connectivity index (χ4v) is 5.56. The molecule has 0 atom stereocenters. The SMILES string of the molecule is Fc1ccc(F)c(CC23CC(I)(C2)C3)c1. The average molecular weight is 320 g/mol. The van der Waals surface area contributed by atoms with Crippen molar-refractivity contribution >= 4 is 22.6 Å².